The highest BCUT2D eigenvalue weighted by Gasteiger charge is 2.16. The lowest BCUT2D eigenvalue weighted by molar-refractivity contribution is -0.130. The molecule has 5 heteroatoms. The van der Waals surface area contributed by atoms with Crippen LogP contribution >= 0.6 is 11.3 Å². The average Bonchev–Trinajstić information content (AvgIpc) is 2.99. The minimum atomic E-state index is -0.0416. The van der Waals surface area contributed by atoms with Crippen molar-refractivity contribution in [3.05, 3.63) is 51.7 Å². The Bertz CT molecular complexity index is 667. The van der Waals surface area contributed by atoms with E-state index >= 15 is 0 Å². The fourth-order valence-corrected chi connectivity index (χ4v) is 3.30. The molecular formula is C19H26N2O2S. The zero-order chi connectivity index (χ0) is 17.5. The Kier molecular flexibility index (Phi) is 6.82. The number of aryl methyl sites for hydroxylation is 1. The maximum absolute atomic E-state index is 11.8. The van der Waals surface area contributed by atoms with Gasteiger partial charge in [0.2, 0.25) is 0 Å². The third kappa shape index (κ3) is 4.82. The van der Waals surface area contributed by atoms with E-state index in [2.05, 4.69) is 36.7 Å². The van der Waals surface area contributed by atoms with Crippen molar-refractivity contribution in [2.24, 2.45) is 0 Å². The Balaban J connectivity index is 2.07. The second kappa shape index (κ2) is 8.85. The zero-order valence-corrected chi connectivity index (χ0v) is 15.7. The van der Waals surface area contributed by atoms with Crippen LogP contribution < -0.4 is 10.1 Å². The van der Waals surface area contributed by atoms with Crippen molar-refractivity contribution in [3.63, 3.8) is 0 Å². The fourth-order valence-electron chi connectivity index (χ4n) is 2.44. The number of nitrogens with one attached hydrogen (secondary N) is 1. The van der Waals surface area contributed by atoms with Crippen molar-refractivity contribution in [1.82, 2.24) is 10.2 Å². The van der Waals surface area contributed by atoms with Crippen LogP contribution in [0.5, 0.6) is 5.75 Å². The number of hydrogen-bond acceptors (Lipinski definition) is 4. The zero-order valence-electron chi connectivity index (χ0n) is 14.8. The smallest absolute Gasteiger partial charge is 0.259 e. The van der Waals surface area contributed by atoms with Crippen LogP contribution in [0.25, 0.3) is 0 Å². The molecule has 1 heterocycles. The van der Waals surface area contributed by atoms with Crippen LogP contribution in [0.4, 0.5) is 0 Å². The number of thiophene rings is 1. The summed E-state index contributed by atoms with van der Waals surface area (Å²) in [6.45, 7) is 5.19. The normalized spacial score (nSPS) is 12.0. The molecule has 0 saturated heterocycles. The number of carbonyl (C=O) groups is 1. The van der Waals surface area contributed by atoms with E-state index < -0.39 is 0 Å². The van der Waals surface area contributed by atoms with Gasteiger partial charge in [-0.15, -0.1) is 11.3 Å². The fraction of sp³-hybridized carbons (Fsp3) is 0.421. The lowest BCUT2D eigenvalue weighted by atomic mass is 10.0. The Morgan fingerprint density at radius 3 is 2.67 bits per heavy atom. The van der Waals surface area contributed by atoms with E-state index in [4.69, 9.17) is 4.74 Å². The molecule has 1 unspecified atom stereocenters. The molecule has 0 fully saturated rings. The molecule has 130 valence electrons. The third-order valence-electron chi connectivity index (χ3n) is 4.03. The Hall–Kier alpha value is -1.85. The van der Waals surface area contributed by atoms with E-state index in [9.17, 15) is 4.79 Å². The number of carbonyl (C=O) groups excluding carboxylic acids is 1. The number of nitrogens with zero attached hydrogens (tertiary/aromatic N) is 1. The first-order valence-corrected chi connectivity index (χ1v) is 9.09. The molecule has 0 saturated carbocycles. The molecule has 1 atom stereocenters. The molecule has 2 rings (SSSR count). The largest absolute Gasteiger partial charge is 0.483 e. The standard InChI is InChI=1S/C19H26N2O2S/c1-5-16(20-12-18-14(2)10-11-24-18)15-8-6-7-9-17(15)23-13-19(22)21(3)4/h6-11,16,20H,5,12-13H2,1-4H3. The molecule has 4 nitrogen and oxygen atoms in total. The molecule has 0 aliphatic carbocycles. The van der Waals surface area contributed by atoms with Gasteiger partial charge in [0.15, 0.2) is 6.61 Å². The molecule has 0 bridgehead atoms. The highest BCUT2D eigenvalue weighted by Crippen LogP contribution is 2.28. The summed E-state index contributed by atoms with van der Waals surface area (Å²) in [6, 6.07) is 10.3. The highest BCUT2D eigenvalue weighted by molar-refractivity contribution is 7.10. The van der Waals surface area contributed by atoms with Gasteiger partial charge in [-0.25, -0.2) is 0 Å². The van der Waals surface area contributed by atoms with E-state index in [0.717, 1.165) is 24.3 Å². The van der Waals surface area contributed by atoms with Gasteiger partial charge in [-0.3, -0.25) is 4.79 Å². The van der Waals surface area contributed by atoms with E-state index in [-0.39, 0.29) is 18.6 Å². The Morgan fingerprint density at radius 1 is 1.29 bits per heavy atom. The van der Waals surface area contributed by atoms with Crippen LogP contribution in [0.15, 0.2) is 35.7 Å². The summed E-state index contributed by atoms with van der Waals surface area (Å²) in [6.07, 6.45) is 0.951. The lowest BCUT2D eigenvalue weighted by Gasteiger charge is -2.21. The van der Waals surface area contributed by atoms with Gasteiger partial charge in [0, 0.05) is 37.1 Å². The molecule has 0 radical (unpaired) electrons. The van der Waals surface area contributed by atoms with Crippen molar-refractivity contribution in [3.8, 4) is 5.75 Å². The van der Waals surface area contributed by atoms with Gasteiger partial charge in [0.25, 0.3) is 5.91 Å². The topological polar surface area (TPSA) is 41.6 Å². The summed E-state index contributed by atoms with van der Waals surface area (Å²) in [7, 11) is 3.47. The van der Waals surface area contributed by atoms with E-state index in [0.29, 0.717) is 0 Å². The summed E-state index contributed by atoms with van der Waals surface area (Å²) in [5.41, 5.74) is 2.42. The first kappa shape index (κ1) is 18.5. The molecule has 1 amide bonds. The second-order valence-corrected chi connectivity index (χ2v) is 6.98. The maximum Gasteiger partial charge on any atom is 0.259 e. The highest BCUT2D eigenvalue weighted by atomic mass is 32.1. The quantitative estimate of drug-likeness (QED) is 0.791. The number of likely N-dealkylation sites (N-methyl/N-ethyl adjacent to an activating group) is 1. The second-order valence-electron chi connectivity index (χ2n) is 5.98. The van der Waals surface area contributed by atoms with E-state index in [1.807, 2.05) is 18.2 Å². The van der Waals surface area contributed by atoms with Crippen molar-refractivity contribution in [2.75, 3.05) is 20.7 Å². The summed E-state index contributed by atoms with van der Waals surface area (Å²) in [4.78, 5) is 14.7. The number of amides is 1. The number of ether oxygens (including phenoxy) is 1. The number of benzene rings is 1. The van der Waals surface area contributed by atoms with Crippen molar-refractivity contribution >= 4 is 17.2 Å². The minimum Gasteiger partial charge on any atom is -0.483 e. The Morgan fingerprint density at radius 2 is 2.04 bits per heavy atom. The van der Waals surface area contributed by atoms with Gasteiger partial charge in [-0.1, -0.05) is 25.1 Å². The summed E-state index contributed by atoms with van der Waals surface area (Å²) in [5, 5.41) is 5.74. The average molecular weight is 346 g/mol. The van der Waals surface area contributed by atoms with Gasteiger partial charge in [0.05, 0.1) is 0 Å². The number of para-hydroxylation sites is 1. The molecule has 1 aromatic carbocycles. The molecule has 1 N–H and O–H groups in total. The van der Waals surface area contributed by atoms with E-state index in [1.54, 1.807) is 25.4 Å². The molecule has 0 spiro atoms. The first-order valence-electron chi connectivity index (χ1n) is 8.21. The first-order chi connectivity index (χ1) is 11.5. The van der Waals surface area contributed by atoms with Crippen molar-refractivity contribution in [2.45, 2.75) is 32.9 Å². The SMILES string of the molecule is CCC(NCc1sccc1C)c1ccccc1OCC(=O)N(C)C. The lowest BCUT2D eigenvalue weighted by Crippen LogP contribution is -2.28. The third-order valence-corrected chi connectivity index (χ3v) is 5.05. The van der Waals surface area contributed by atoms with Gasteiger partial charge < -0.3 is 15.0 Å². The number of hydrogen-bond donors (Lipinski definition) is 1. The van der Waals surface area contributed by atoms with Crippen LogP contribution in [0.1, 0.15) is 35.4 Å². The van der Waals surface area contributed by atoms with E-state index in [1.165, 1.54) is 15.3 Å². The number of rotatable bonds is 8. The van der Waals surface area contributed by atoms with Gasteiger partial charge >= 0.3 is 0 Å². The molecule has 0 aliphatic rings. The molecule has 1 aromatic heterocycles. The summed E-state index contributed by atoms with van der Waals surface area (Å²) < 4.78 is 5.78. The monoisotopic (exact) mass is 346 g/mol. The molecule has 2 aromatic rings. The van der Waals surface area contributed by atoms with Crippen molar-refractivity contribution in [1.29, 1.82) is 0 Å². The minimum absolute atomic E-state index is 0.0416. The van der Waals surface area contributed by atoms with Crippen LogP contribution in [0.3, 0.4) is 0 Å². The predicted octanol–water partition coefficient (Wildman–Crippen LogP) is 3.76. The van der Waals surface area contributed by atoms with Gasteiger partial charge in [0.1, 0.15) is 5.75 Å². The summed E-state index contributed by atoms with van der Waals surface area (Å²) in [5.74, 6) is 0.731. The summed E-state index contributed by atoms with van der Waals surface area (Å²) >= 11 is 1.77. The van der Waals surface area contributed by atoms with Crippen LogP contribution in [-0.2, 0) is 11.3 Å². The maximum atomic E-state index is 11.8. The molecule has 24 heavy (non-hydrogen) atoms. The molecular weight excluding hydrogens is 320 g/mol. The van der Waals surface area contributed by atoms with Gasteiger partial charge in [-0.05, 0) is 36.4 Å². The van der Waals surface area contributed by atoms with Crippen molar-refractivity contribution < 1.29 is 9.53 Å². The molecule has 0 aliphatic heterocycles. The van der Waals surface area contributed by atoms with Crippen LogP contribution in [-0.4, -0.2) is 31.5 Å². The van der Waals surface area contributed by atoms with Crippen LogP contribution in [0.2, 0.25) is 0 Å². The van der Waals surface area contributed by atoms with Gasteiger partial charge in [-0.2, -0.15) is 0 Å². The van der Waals surface area contributed by atoms with Crippen LogP contribution in [0, 0.1) is 6.92 Å². The predicted molar refractivity (Wildman–Crippen MR) is 99.6 cm³/mol. The Labute approximate surface area is 148 Å².